The van der Waals surface area contributed by atoms with E-state index in [9.17, 15) is 4.79 Å². The van der Waals surface area contributed by atoms with Crippen molar-refractivity contribution in [3.8, 4) is 0 Å². The standard InChI is InChI=1S/C11H17N3O/c1-10(2)8(11(10,3)4)9(15)14-7-5-12-13-6-7/h5-6,8H,1-4H3,(H,12,13)(H,14,15). The molecule has 1 saturated carbocycles. The zero-order valence-electron chi connectivity index (χ0n) is 9.59. The summed E-state index contributed by atoms with van der Waals surface area (Å²) in [5, 5.41) is 9.32. The van der Waals surface area contributed by atoms with Crippen LogP contribution in [-0.2, 0) is 4.79 Å². The second kappa shape index (κ2) is 2.84. The number of hydrogen-bond donors (Lipinski definition) is 2. The number of carbonyl (C=O) groups is 1. The molecule has 0 atom stereocenters. The number of carbonyl (C=O) groups excluding carboxylic acids is 1. The van der Waals surface area contributed by atoms with E-state index in [-0.39, 0.29) is 22.7 Å². The van der Waals surface area contributed by atoms with Gasteiger partial charge in [0.1, 0.15) is 0 Å². The van der Waals surface area contributed by atoms with Crippen LogP contribution in [0.4, 0.5) is 5.69 Å². The van der Waals surface area contributed by atoms with Gasteiger partial charge in [0.15, 0.2) is 0 Å². The van der Waals surface area contributed by atoms with Gasteiger partial charge in [-0.15, -0.1) is 0 Å². The molecule has 1 aromatic heterocycles. The predicted molar refractivity (Wildman–Crippen MR) is 58.3 cm³/mol. The lowest BCUT2D eigenvalue weighted by Gasteiger charge is -2.03. The first-order valence-electron chi connectivity index (χ1n) is 5.17. The van der Waals surface area contributed by atoms with Crippen molar-refractivity contribution < 1.29 is 4.79 Å². The Morgan fingerprint density at radius 3 is 2.40 bits per heavy atom. The fourth-order valence-electron chi connectivity index (χ4n) is 2.39. The molecule has 4 heteroatoms. The van der Waals surface area contributed by atoms with E-state index in [4.69, 9.17) is 0 Å². The van der Waals surface area contributed by atoms with Crippen molar-refractivity contribution in [1.29, 1.82) is 0 Å². The minimum Gasteiger partial charge on any atom is -0.323 e. The monoisotopic (exact) mass is 207 g/mol. The lowest BCUT2D eigenvalue weighted by molar-refractivity contribution is -0.118. The van der Waals surface area contributed by atoms with Crippen LogP contribution in [0.2, 0.25) is 0 Å². The second-order valence-electron chi connectivity index (χ2n) is 5.35. The third kappa shape index (κ3) is 1.35. The minimum atomic E-state index is 0.0832. The maximum Gasteiger partial charge on any atom is 0.228 e. The number of aromatic nitrogens is 2. The molecule has 0 aromatic carbocycles. The van der Waals surface area contributed by atoms with E-state index >= 15 is 0 Å². The van der Waals surface area contributed by atoms with Gasteiger partial charge in [0.25, 0.3) is 0 Å². The normalized spacial score (nSPS) is 22.4. The summed E-state index contributed by atoms with van der Waals surface area (Å²) in [5.74, 6) is 0.173. The Kier molecular flexibility index (Phi) is 1.93. The number of aromatic amines is 1. The zero-order chi connectivity index (χ0) is 11.3. The molecule has 1 aliphatic rings. The molecule has 0 unspecified atom stereocenters. The quantitative estimate of drug-likeness (QED) is 0.779. The maximum atomic E-state index is 12.0. The molecule has 4 nitrogen and oxygen atoms in total. The molecule has 1 aliphatic carbocycles. The summed E-state index contributed by atoms with van der Waals surface area (Å²) in [7, 11) is 0. The molecule has 0 aliphatic heterocycles. The number of H-pyrrole nitrogens is 1. The third-order valence-electron chi connectivity index (χ3n) is 4.05. The van der Waals surface area contributed by atoms with Gasteiger partial charge in [-0.3, -0.25) is 9.89 Å². The molecule has 1 amide bonds. The molecule has 0 radical (unpaired) electrons. The summed E-state index contributed by atoms with van der Waals surface area (Å²) in [6, 6.07) is 0. The maximum absolute atomic E-state index is 12.0. The fourth-order valence-corrected chi connectivity index (χ4v) is 2.39. The lowest BCUT2D eigenvalue weighted by atomic mass is 10.0. The summed E-state index contributed by atoms with van der Waals surface area (Å²) in [6.45, 7) is 8.53. The number of amides is 1. The highest BCUT2D eigenvalue weighted by atomic mass is 16.2. The van der Waals surface area contributed by atoms with E-state index in [1.54, 1.807) is 12.4 Å². The van der Waals surface area contributed by atoms with Crippen molar-refractivity contribution in [2.75, 3.05) is 5.32 Å². The van der Waals surface area contributed by atoms with E-state index in [2.05, 4.69) is 43.2 Å². The Morgan fingerprint density at radius 2 is 2.00 bits per heavy atom. The summed E-state index contributed by atoms with van der Waals surface area (Å²) >= 11 is 0. The first-order chi connectivity index (χ1) is 6.87. The Labute approximate surface area is 89.5 Å². The molecule has 15 heavy (non-hydrogen) atoms. The second-order valence-corrected chi connectivity index (χ2v) is 5.35. The van der Waals surface area contributed by atoms with Gasteiger partial charge in [-0.25, -0.2) is 0 Å². The van der Waals surface area contributed by atoms with Crippen LogP contribution in [0.1, 0.15) is 27.7 Å². The van der Waals surface area contributed by atoms with Crippen LogP contribution < -0.4 is 5.32 Å². The van der Waals surface area contributed by atoms with E-state index in [1.807, 2.05) is 0 Å². The SMILES string of the molecule is CC1(C)C(C(=O)Nc2cn[nH]c2)C1(C)C. The summed E-state index contributed by atoms with van der Waals surface area (Å²) in [4.78, 5) is 12.0. The van der Waals surface area contributed by atoms with Crippen molar-refractivity contribution >= 4 is 11.6 Å². The van der Waals surface area contributed by atoms with E-state index in [0.717, 1.165) is 5.69 Å². The highest BCUT2D eigenvalue weighted by Crippen LogP contribution is 2.68. The molecule has 2 N–H and O–H groups in total. The highest BCUT2D eigenvalue weighted by molar-refractivity contribution is 5.95. The largest absolute Gasteiger partial charge is 0.323 e. The topological polar surface area (TPSA) is 57.8 Å². The molecule has 82 valence electrons. The molecular formula is C11H17N3O. The van der Waals surface area contributed by atoms with Gasteiger partial charge in [-0.2, -0.15) is 5.10 Å². The molecule has 0 spiro atoms. The van der Waals surface area contributed by atoms with Gasteiger partial charge < -0.3 is 5.32 Å². The molecule has 1 aromatic rings. The van der Waals surface area contributed by atoms with Crippen molar-refractivity contribution in [2.45, 2.75) is 27.7 Å². The zero-order valence-corrected chi connectivity index (χ0v) is 9.59. The first-order valence-corrected chi connectivity index (χ1v) is 5.17. The van der Waals surface area contributed by atoms with Crippen LogP contribution in [0, 0.1) is 16.7 Å². The van der Waals surface area contributed by atoms with Crippen molar-refractivity contribution in [3.63, 3.8) is 0 Å². The Bertz CT molecular complexity index is 365. The highest BCUT2D eigenvalue weighted by Gasteiger charge is 2.68. The summed E-state index contributed by atoms with van der Waals surface area (Å²) in [6.07, 6.45) is 3.29. The molecule has 0 saturated heterocycles. The Morgan fingerprint density at radius 1 is 1.40 bits per heavy atom. The van der Waals surface area contributed by atoms with Crippen LogP contribution in [0.15, 0.2) is 12.4 Å². The lowest BCUT2D eigenvalue weighted by Crippen LogP contribution is -2.17. The Hall–Kier alpha value is -1.32. The van der Waals surface area contributed by atoms with Gasteiger partial charge in [0, 0.05) is 12.1 Å². The average molecular weight is 207 g/mol. The van der Waals surface area contributed by atoms with E-state index < -0.39 is 0 Å². The van der Waals surface area contributed by atoms with Gasteiger partial charge in [-0.05, 0) is 10.8 Å². The van der Waals surface area contributed by atoms with Gasteiger partial charge in [-0.1, -0.05) is 27.7 Å². The first kappa shape index (κ1) is 10.2. The fraction of sp³-hybridized carbons (Fsp3) is 0.636. The molecule has 1 fully saturated rings. The Balaban J connectivity index is 2.06. The molecule has 0 bridgehead atoms. The number of nitrogens with zero attached hydrogens (tertiary/aromatic N) is 1. The number of anilines is 1. The van der Waals surface area contributed by atoms with Crippen LogP contribution in [0.25, 0.3) is 0 Å². The molecule has 2 rings (SSSR count). The minimum absolute atomic E-state index is 0.0832. The number of nitrogens with one attached hydrogen (secondary N) is 2. The summed E-state index contributed by atoms with van der Waals surface area (Å²) < 4.78 is 0. The van der Waals surface area contributed by atoms with Crippen LogP contribution in [0.3, 0.4) is 0 Å². The molecular weight excluding hydrogens is 190 g/mol. The number of hydrogen-bond acceptors (Lipinski definition) is 2. The van der Waals surface area contributed by atoms with E-state index in [1.165, 1.54) is 0 Å². The number of rotatable bonds is 2. The van der Waals surface area contributed by atoms with Crippen molar-refractivity contribution in [3.05, 3.63) is 12.4 Å². The van der Waals surface area contributed by atoms with Crippen molar-refractivity contribution in [1.82, 2.24) is 10.2 Å². The van der Waals surface area contributed by atoms with Gasteiger partial charge >= 0.3 is 0 Å². The predicted octanol–water partition coefficient (Wildman–Crippen LogP) is 2.03. The average Bonchev–Trinajstić information content (AvgIpc) is 2.53. The smallest absolute Gasteiger partial charge is 0.228 e. The van der Waals surface area contributed by atoms with Crippen LogP contribution >= 0.6 is 0 Å². The van der Waals surface area contributed by atoms with Crippen LogP contribution in [0.5, 0.6) is 0 Å². The van der Waals surface area contributed by atoms with Crippen LogP contribution in [-0.4, -0.2) is 16.1 Å². The van der Waals surface area contributed by atoms with Gasteiger partial charge in [0.05, 0.1) is 11.9 Å². The summed E-state index contributed by atoms with van der Waals surface area (Å²) in [5.41, 5.74) is 0.903. The molecule has 1 heterocycles. The third-order valence-corrected chi connectivity index (χ3v) is 4.05. The van der Waals surface area contributed by atoms with E-state index in [0.29, 0.717) is 0 Å². The van der Waals surface area contributed by atoms with Gasteiger partial charge in [0.2, 0.25) is 5.91 Å². The van der Waals surface area contributed by atoms with Crippen molar-refractivity contribution in [2.24, 2.45) is 16.7 Å².